The second kappa shape index (κ2) is 5.61. The van der Waals surface area contributed by atoms with E-state index in [-0.39, 0.29) is 5.56 Å². The Balaban J connectivity index is 2.88. The summed E-state index contributed by atoms with van der Waals surface area (Å²) in [6.45, 7) is 3.18. The van der Waals surface area contributed by atoms with Crippen LogP contribution in [0.4, 0.5) is 13.2 Å². The van der Waals surface area contributed by atoms with Crippen molar-refractivity contribution in [2.45, 2.75) is 38.5 Å². The molecule has 0 radical (unpaired) electrons. The smallest absolute Gasteiger partial charge is 0.421 e. The lowest BCUT2D eigenvalue weighted by Gasteiger charge is -2.27. The van der Waals surface area contributed by atoms with E-state index in [1.807, 2.05) is 6.92 Å². The van der Waals surface area contributed by atoms with Gasteiger partial charge in [-0.05, 0) is 31.0 Å². The zero-order valence-electron chi connectivity index (χ0n) is 10.4. The first-order chi connectivity index (χ1) is 8.29. The van der Waals surface area contributed by atoms with E-state index in [1.54, 1.807) is 6.07 Å². The number of rotatable bonds is 5. The number of unbranched alkanes of at least 4 members (excludes halogenated alkanes) is 1. The lowest BCUT2D eigenvalue weighted by Crippen LogP contribution is -2.39. The fourth-order valence-corrected chi connectivity index (χ4v) is 1.39. The third-order valence-corrected chi connectivity index (χ3v) is 2.71. The Bertz CT molecular complexity index is 386. The Kier molecular flexibility index (Phi) is 4.62. The molecule has 18 heavy (non-hydrogen) atoms. The highest BCUT2D eigenvalue weighted by molar-refractivity contribution is 5.32. The number of hydrogen-bond acceptors (Lipinski definition) is 2. The number of alkyl halides is 3. The largest absolute Gasteiger partial charge is 0.494 e. The molecule has 1 aromatic carbocycles. The number of benzene rings is 1. The molecule has 0 aliphatic carbocycles. The highest BCUT2D eigenvalue weighted by atomic mass is 19.4. The molecule has 0 aliphatic heterocycles. The van der Waals surface area contributed by atoms with Crippen LogP contribution in [0.1, 0.15) is 32.3 Å². The van der Waals surface area contributed by atoms with E-state index in [9.17, 15) is 18.3 Å². The third-order valence-electron chi connectivity index (χ3n) is 2.71. The van der Waals surface area contributed by atoms with Gasteiger partial charge in [-0.15, -0.1) is 0 Å². The van der Waals surface area contributed by atoms with Crippen LogP contribution in [0.2, 0.25) is 0 Å². The van der Waals surface area contributed by atoms with Crippen LogP contribution in [-0.4, -0.2) is 17.9 Å². The molecule has 2 nitrogen and oxygen atoms in total. The van der Waals surface area contributed by atoms with Crippen molar-refractivity contribution in [1.29, 1.82) is 0 Å². The number of hydrogen-bond donors (Lipinski definition) is 1. The molecular weight excluding hydrogens is 245 g/mol. The van der Waals surface area contributed by atoms with Gasteiger partial charge in [0.2, 0.25) is 0 Å². The molecule has 0 heterocycles. The van der Waals surface area contributed by atoms with Crippen LogP contribution < -0.4 is 4.74 Å². The second-order valence-electron chi connectivity index (χ2n) is 4.30. The average Bonchev–Trinajstić information content (AvgIpc) is 2.28. The minimum absolute atomic E-state index is 0.219. The molecule has 1 aromatic rings. The second-order valence-corrected chi connectivity index (χ2v) is 4.30. The maximum absolute atomic E-state index is 12.7. The molecule has 0 aliphatic rings. The number of aliphatic hydroxyl groups is 1. The monoisotopic (exact) mass is 262 g/mol. The molecule has 0 spiro atoms. The maximum atomic E-state index is 12.7. The third kappa shape index (κ3) is 3.38. The van der Waals surface area contributed by atoms with Gasteiger partial charge in [-0.1, -0.05) is 25.5 Å². The van der Waals surface area contributed by atoms with E-state index in [0.29, 0.717) is 12.4 Å². The van der Waals surface area contributed by atoms with Crippen LogP contribution in [0.25, 0.3) is 0 Å². The first-order valence-corrected chi connectivity index (χ1v) is 5.81. The summed E-state index contributed by atoms with van der Waals surface area (Å²) < 4.78 is 43.3. The molecule has 1 unspecified atom stereocenters. The van der Waals surface area contributed by atoms with Gasteiger partial charge in [-0.25, -0.2) is 0 Å². The zero-order chi connectivity index (χ0) is 13.8. The van der Waals surface area contributed by atoms with E-state index < -0.39 is 11.8 Å². The first kappa shape index (κ1) is 14.8. The Morgan fingerprint density at radius 1 is 1.28 bits per heavy atom. The molecule has 1 atom stereocenters. The molecule has 0 fully saturated rings. The van der Waals surface area contributed by atoms with E-state index in [1.165, 1.54) is 18.2 Å². The normalized spacial score (nSPS) is 15.2. The molecule has 0 amide bonds. The van der Waals surface area contributed by atoms with Crippen molar-refractivity contribution < 1.29 is 23.0 Å². The predicted molar refractivity (Wildman–Crippen MR) is 62.5 cm³/mol. The van der Waals surface area contributed by atoms with Gasteiger partial charge in [0, 0.05) is 0 Å². The molecule has 0 aromatic heterocycles. The predicted octanol–water partition coefficient (Wildman–Crippen LogP) is 3.64. The minimum atomic E-state index is -4.71. The number of ether oxygens (including phenoxy) is 1. The Morgan fingerprint density at radius 3 is 2.50 bits per heavy atom. The Morgan fingerprint density at radius 2 is 1.94 bits per heavy atom. The first-order valence-electron chi connectivity index (χ1n) is 5.81. The van der Waals surface area contributed by atoms with Crippen molar-refractivity contribution in [1.82, 2.24) is 0 Å². The quantitative estimate of drug-likeness (QED) is 0.821. The van der Waals surface area contributed by atoms with Crippen LogP contribution in [0, 0.1) is 0 Å². The zero-order valence-corrected chi connectivity index (χ0v) is 10.4. The topological polar surface area (TPSA) is 29.5 Å². The molecule has 0 bridgehead atoms. The van der Waals surface area contributed by atoms with Crippen molar-refractivity contribution >= 4 is 0 Å². The molecule has 102 valence electrons. The van der Waals surface area contributed by atoms with Gasteiger partial charge in [0.05, 0.1) is 6.61 Å². The summed E-state index contributed by atoms with van der Waals surface area (Å²) in [6, 6.07) is 5.48. The van der Waals surface area contributed by atoms with Crippen molar-refractivity contribution in [2.24, 2.45) is 0 Å². The van der Waals surface area contributed by atoms with Crippen LogP contribution in [-0.2, 0) is 5.60 Å². The molecule has 1 N–H and O–H groups in total. The summed E-state index contributed by atoms with van der Waals surface area (Å²) in [4.78, 5) is 0. The van der Waals surface area contributed by atoms with Crippen molar-refractivity contribution in [3.63, 3.8) is 0 Å². The summed E-state index contributed by atoms with van der Waals surface area (Å²) in [5, 5.41) is 9.54. The van der Waals surface area contributed by atoms with Gasteiger partial charge in [0.1, 0.15) is 5.75 Å². The number of halogens is 3. The van der Waals surface area contributed by atoms with Gasteiger partial charge < -0.3 is 9.84 Å². The van der Waals surface area contributed by atoms with Crippen molar-refractivity contribution in [2.75, 3.05) is 6.61 Å². The summed E-state index contributed by atoms with van der Waals surface area (Å²) in [5.74, 6) is 0.338. The Hall–Kier alpha value is -1.23. The molecule has 0 saturated heterocycles. The minimum Gasteiger partial charge on any atom is -0.494 e. The van der Waals surface area contributed by atoms with Gasteiger partial charge in [-0.2, -0.15) is 13.2 Å². The lowest BCUT2D eigenvalue weighted by atomic mass is 9.95. The van der Waals surface area contributed by atoms with Crippen molar-refractivity contribution in [3.05, 3.63) is 29.8 Å². The van der Waals surface area contributed by atoms with E-state index in [4.69, 9.17) is 4.74 Å². The van der Waals surface area contributed by atoms with Crippen LogP contribution in [0.15, 0.2) is 24.3 Å². The van der Waals surface area contributed by atoms with Gasteiger partial charge in [0.15, 0.2) is 5.60 Å². The molecule has 5 heteroatoms. The SMILES string of the molecule is CCCCOc1cccc(C(C)(O)C(F)(F)F)c1. The summed E-state index contributed by atoms with van der Waals surface area (Å²) in [6.07, 6.45) is -2.94. The van der Waals surface area contributed by atoms with Gasteiger partial charge in [0.25, 0.3) is 0 Å². The molecule has 0 saturated carbocycles. The standard InChI is InChI=1S/C13H17F3O2/c1-3-4-8-18-11-7-5-6-10(9-11)12(2,17)13(14,15)16/h5-7,9,17H,3-4,8H2,1-2H3. The molecule has 1 rings (SSSR count). The lowest BCUT2D eigenvalue weighted by molar-refractivity contribution is -0.258. The van der Waals surface area contributed by atoms with Crippen LogP contribution in [0.3, 0.4) is 0 Å². The van der Waals surface area contributed by atoms with Gasteiger partial charge in [-0.3, -0.25) is 0 Å². The van der Waals surface area contributed by atoms with Crippen LogP contribution >= 0.6 is 0 Å². The highest BCUT2D eigenvalue weighted by Crippen LogP contribution is 2.39. The van der Waals surface area contributed by atoms with E-state index in [2.05, 4.69) is 0 Å². The van der Waals surface area contributed by atoms with Crippen LogP contribution in [0.5, 0.6) is 5.75 Å². The fraction of sp³-hybridized carbons (Fsp3) is 0.538. The van der Waals surface area contributed by atoms with E-state index >= 15 is 0 Å². The Labute approximate surface area is 104 Å². The van der Waals surface area contributed by atoms with Gasteiger partial charge >= 0.3 is 6.18 Å². The average molecular weight is 262 g/mol. The maximum Gasteiger partial charge on any atom is 0.421 e. The highest BCUT2D eigenvalue weighted by Gasteiger charge is 2.51. The van der Waals surface area contributed by atoms with Crippen molar-refractivity contribution in [3.8, 4) is 5.75 Å². The summed E-state index contributed by atoms with van der Waals surface area (Å²) in [5.41, 5.74) is -3.08. The van der Waals surface area contributed by atoms with E-state index in [0.717, 1.165) is 19.8 Å². The summed E-state index contributed by atoms with van der Waals surface area (Å²) >= 11 is 0. The fourth-order valence-electron chi connectivity index (χ4n) is 1.39. The summed E-state index contributed by atoms with van der Waals surface area (Å²) in [7, 11) is 0. The molecular formula is C13H17F3O2.